The fraction of sp³-hybridized carbons (Fsp3) is 0.154. The standard InChI is InChI=1S/C13H11NO2S/c1-3-8-7(2)9-4-11-12(16-6-15-11)5-10(9)14-13(8)17/h3-5H,1,6H2,2H3,(H,14,17). The number of fused-ring (bicyclic) bond motifs is 2. The van der Waals surface area contributed by atoms with Crippen LogP contribution in [0.25, 0.3) is 17.0 Å². The van der Waals surface area contributed by atoms with E-state index < -0.39 is 0 Å². The number of rotatable bonds is 1. The molecule has 0 bridgehead atoms. The lowest BCUT2D eigenvalue weighted by atomic mass is 10.0. The maximum atomic E-state index is 5.38. The molecule has 4 heteroatoms. The first-order chi connectivity index (χ1) is 8.20. The highest BCUT2D eigenvalue weighted by Gasteiger charge is 2.16. The summed E-state index contributed by atoms with van der Waals surface area (Å²) in [6.45, 7) is 6.10. The van der Waals surface area contributed by atoms with Crippen LogP contribution in [0.2, 0.25) is 0 Å². The lowest BCUT2D eigenvalue weighted by Gasteiger charge is -2.08. The number of H-pyrrole nitrogens is 1. The predicted molar refractivity (Wildman–Crippen MR) is 70.1 cm³/mol. The fourth-order valence-electron chi connectivity index (χ4n) is 2.11. The number of aromatic nitrogens is 1. The summed E-state index contributed by atoms with van der Waals surface area (Å²) in [5, 5.41) is 1.08. The summed E-state index contributed by atoms with van der Waals surface area (Å²) < 4.78 is 11.4. The predicted octanol–water partition coefficient (Wildman–Crippen LogP) is 3.58. The number of aryl methyl sites for hydroxylation is 1. The third kappa shape index (κ3) is 1.45. The lowest BCUT2D eigenvalue weighted by Crippen LogP contribution is -1.92. The Hall–Kier alpha value is -1.81. The van der Waals surface area contributed by atoms with Gasteiger partial charge in [-0.15, -0.1) is 0 Å². The van der Waals surface area contributed by atoms with Gasteiger partial charge in [-0.1, -0.05) is 24.9 Å². The number of pyridine rings is 1. The van der Waals surface area contributed by atoms with E-state index in [0.29, 0.717) is 4.64 Å². The van der Waals surface area contributed by atoms with Gasteiger partial charge in [-0.2, -0.15) is 0 Å². The van der Waals surface area contributed by atoms with Crippen LogP contribution < -0.4 is 9.47 Å². The quantitative estimate of drug-likeness (QED) is 0.780. The van der Waals surface area contributed by atoms with Gasteiger partial charge in [0.2, 0.25) is 6.79 Å². The monoisotopic (exact) mass is 245 g/mol. The second-order valence-corrected chi connectivity index (χ2v) is 4.36. The minimum Gasteiger partial charge on any atom is -0.454 e. The highest BCUT2D eigenvalue weighted by Crippen LogP contribution is 2.37. The van der Waals surface area contributed by atoms with Crippen molar-refractivity contribution in [2.75, 3.05) is 6.79 Å². The lowest BCUT2D eigenvalue weighted by molar-refractivity contribution is 0.174. The molecule has 0 radical (unpaired) electrons. The molecule has 1 aliphatic heterocycles. The average molecular weight is 245 g/mol. The third-order valence-corrected chi connectivity index (χ3v) is 3.34. The summed E-state index contributed by atoms with van der Waals surface area (Å²) in [7, 11) is 0. The highest BCUT2D eigenvalue weighted by molar-refractivity contribution is 7.71. The first-order valence-corrected chi connectivity index (χ1v) is 5.70. The van der Waals surface area contributed by atoms with Crippen LogP contribution in [0.1, 0.15) is 11.1 Å². The number of benzene rings is 1. The van der Waals surface area contributed by atoms with Gasteiger partial charge in [-0.05, 0) is 18.6 Å². The molecule has 0 aliphatic carbocycles. The third-order valence-electron chi connectivity index (χ3n) is 3.02. The highest BCUT2D eigenvalue weighted by atomic mass is 32.1. The van der Waals surface area contributed by atoms with Gasteiger partial charge in [-0.3, -0.25) is 0 Å². The molecule has 0 unspecified atom stereocenters. The fourth-order valence-corrected chi connectivity index (χ4v) is 2.45. The van der Waals surface area contributed by atoms with Crippen molar-refractivity contribution >= 4 is 29.2 Å². The summed E-state index contributed by atoms with van der Waals surface area (Å²) in [6.07, 6.45) is 1.78. The Labute approximate surface area is 104 Å². The van der Waals surface area contributed by atoms with Crippen molar-refractivity contribution in [1.29, 1.82) is 0 Å². The zero-order valence-electron chi connectivity index (χ0n) is 9.37. The van der Waals surface area contributed by atoms with Crippen LogP contribution in [-0.2, 0) is 0 Å². The molecule has 1 aromatic heterocycles. The van der Waals surface area contributed by atoms with Gasteiger partial charge in [-0.25, -0.2) is 0 Å². The van der Waals surface area contributed by atoms with Crippen LogP contribution in [0.15, 0.2) is 18.7 Å². The van der Waals surface area contributed by atoms with Crippen molar-refractivity contribution in [3.05, 3.63) is 34.5 Å². The van der Waals surface area contributed by atoms with Crippen molar-refractivity contribution in [3.8, 4) is 11.5 Å². The van der Waals surface area contributed by atoms with Gasteiger partial charge < -0.3 is 14.5 Å². The maximum absolute atomic E-state index is 5.38. The van der Waals surface area contributed by atoms with Crippen LogP contribution in [0.5, 0.6) is 11.5 Å². The molecule has 2 aromatic rings. The summed E-state index contributed by atoms with van der Waals surface area (Å²) in [4.78, 5) is 3.19. The van der Waals surface area contributed by atoms with Crippen molar-refractivity contribution in [3.63, 3.8) is 0 Å². The molecule has 0 spiro atoms. The summed E-state index contributed by atoms with van der Waals surface area (Å²) in [5.74, 6) is 1.54. The first kappa shape index (κ1) is 10.4. The Balaban J connectivity index is 2.44. The van der Waals surface area contributed by atoms with E-state index in [0.717, 1.165) is 33.5 Å². The SMILES string of the molecule is C=Cc1c(C)c2cc3c(cc2[nH]c1=S)OCO3. The Kier molecular flexibility index (Phi) is 2.19. The van der Waals surface area contributed by atoms with E-state index in [4.69, 9.17) is 21.7 Å². The Morgan fingerprint density at radius 2 is 2.06 bits per heavy atom. The van der Waals surface area contributed by atoms with Crippen molar-refractivity contribution < 1.29 is 9.47 Å². The van der Waals surface area contributed by atoms with E-state index >= 15 is 0 Å². The van der Waals surface area contributed by atoms with Crippen molar-refractivity contribution in [2.45, 2.75) is 6.92 Å². The van der Waals surface area contributed by atoms with Gasteiger partial charge in [0.15, 0.2) is 11.5 Å². The molecule has 1 aliphatic rings. The zero-order valence-corrected chi connectivity index (χ0v) is 10.2. The van der Waals surface area contributed by atoms with Crippen molar-refractivity contribution in [1.82, 2.24) is 4.98 Å². The van der Waals surface area contributed by atoms with Crippen LogP contribution >= 0.6 is 12.2 Å². The molecule has 2 heterocycles. The van der Waals surface area contributed by atoms with Gasteiger partial charge in [0.1, 0.15) is 4.64 Å². The van der Waals surface area contributed by atoms with E-state index in [2.05, 4.69) is 11.6 Å². The molecule has 3 nitrogen and oxygen atoms in total. The molecule has 17 heavy (non-hydrogen) atoms. The van der Waals surface area contributed by atoms with Gasteiger partial charge >= 0.3 is 0 Å². The van der Waals surface area contributed by atoms with E-state index in [9.17, 15) is 0 Å². The van der Waals surface area contributed by atoms with Crippen LogP contribution in [0.3, 0.4) is 0 Å². The first-order valence-electron chi connectivity index (χ1n) is 5.29. The van der Waals surface area contributed by atoms with Crippen LogP contribution in [-0.4, -0.2) is 11.8 Å². The van der Waals surface area contributed by atoms with Crippen LogP contribution in [0, 0.1) is 11.6 Å². The van der Waals surface area contributed by atoms with E-state index in [1.807, 2.05) is 19.1 Å². The van der Waals surface area contributed by atoms with Crippen molar-refractivity contribution in [2.24, 2.45) is 0 Å². The maximum Gasteiger partial charge on any atom is 0.231 e. The average Bonchev–Trinajstić information content (AvgIpc) is 2.74. The smallest absolute Gasteiger partial charge is 0.231 e. The number of hydrogen-bond donors (Lipinski definition) is 1. The molecular weight excluding hydrogens is 234 g/mol. The largest absolute Gasteiger partial charge is 0.454 e. The van der Waals surface area contributed by atoms with E-state index in [1.54, 1.807) is 6.08 Å². The molecular formula is C13H11NO2S. The second-order valence-electron chi connectivity index (χ2n) is 3.95. The molecule has 0 saturated carbocycles. The van der Waals surface area contributed by atoms with E-state index in [-0.39, 0.29) is 6.79 Å². The minimum atomic E-state index is 0.278. The zero-order chi connectivity index (χ0) is 12.0. The molecule has 3 rings (SSSR count). The van der Waals surface area contributed by atoms with E-state index in [1.165, 1.54) is 0 Å². The Morgan fingerprint density at radius 3 is 2.76 bits per heavy atom. The molecule has 0 atom stereocenters. The van der Waals surface area contributed by atoms with Gasteiger partial charge in [0, 0.05) is 17.0 Å². The van der Waals surface area contributed by atoms with Gasteiger partial charge in [0.05, 0.1) is 5.52 Å². The number of aromatic amines is 1. The number of hydrogen-bond acceptors (Lipinski definition) is 3. The summed E-state index contributed by atoms with van der Waals surface area (Å²) >= 11 is 5.30. The molecule has 86 valence electrons. The molecule has 0 fully saturated rings. The normalized spacial score (nSPS) is 13.0. The molecule has 0 saturated heterocycles. The number of nitrogens with one attached hydrogen (secondary N) is 1. The topological polar surface area (TPSA) is 34.2 Å². The molecule has 0 amide bonds. The molecule has 1 N–H and O–H groups in total. The summed E-state index contributed by atoms with van der Waals surface area (Å²) in [5.41, 5.74) is 3.03. The minimum absolute atomic E-state index is 0.278. The second kappa shape index (κ2) is 3.60. The van der Waals surface area contributed by atoms with Crippen LogP contribution in [0.4, 0.5) is 0 Å². The van der Waals surface area contributed by atoms with Gasteiger partial charge in [0.25, 0.3) is 0 Å². The Bertz CT molecular complexity index is 688. The molecule has 1 aromatic carbocycles. The Morgan fingerprint density at radius 1 is 1.35 bits per heavy atom. The number of ether oxygens (including phenoxy) is 2. The summed E-state index contributed by atoms with van der Waals surface area (Å²) in [6, 6.07) is 3.90.